The molecule has 126 valence electrons. The zero-order valence-electron chi connectivity index (χ0n) is 12.4. The Morgan fingerprint density at radius 3 is 2.30 bits per heavy atom. The summed E-state index contributed by atoms with van der Waals surface area (Å²) >= 11 is 0. The second kappa shape index (κ2) is 6.07. The van der Waals surface area contributed by atoms with Crippen LogP contribution >= 0.6 is 0 Å². The molecule has 0 radical (unpaired) electrons. The van der Waals surface area contributed by atoms with Crippen LogP contribution in [0.5, 0.6) is 5.75 Å². The van der Waals surface area contributed by atoms with Gasteiger partial charge in [-0.15, -0.1) is 0 Å². The molecule has 23 heavy (non-hydrogen) atoms. The standard InChI is InChI=1S/C14H15F3N2O4/c1-3-23-13(14(15,16)17)11(20)19(12(21)18-13)8-9-4-6-10(22-2)7-5-9/h4-7H,3,8H2,1-2H3,(H,18,21)/t13-/m1/s1. The molecule has 1 atom stereocenters. The molecule has 0 saturated carbocycles. The highest BCUT2D eigenvalue weighted by Gasteiger charge is 2.69. The average Bonchev–Trinajstić information content (AvgIpc) is 2.73. The lowest BCUT2D eigenvalue weighted by Crippen LogP contribution is -2.60. The molecule has 0 aromatic heterocycles. The van der Waals surface area contributed by atoms with E-state index in [1.165, 1.54) is 14.0 Å². The van der Waals surface area contributed by atoms with Gasteiger partial charge in [0.05, 0.1) is 13.7 Å². The van der Waals surface area contributed by atoms with Crippen LogP contribution in [0, 0.1) is 0 Å². The summed E-state index contributed by atoms with van der Waals surface area (Å²) in [6, 6.07) is 5.10. The normalized spacial score (nSPS) is 21.5. The van der Waals surface area contributed by atoms with Crippen molar-refractivity contribution in [3.05, 3.63) is 29.8 Å². The lowest BCUT2D eigenvalue weighted by atomic mass is 10.1. The van der Waals surface area contributed by atoms with Gasteiger partial charge in [-0.1, -0.05) is 12.1 Å². The van der Waals surface area contributed by atoms with Crippen molar-refractivity contribution < 1.29 is 32.2 Å². The van der Waals surface area contributed by atoms with Crippen LogP contribution in [0.15, 0.2) is 24.3 Å². The number of carbonyl (C=O) groups is 2. The third-order valence-electron chi connectivity index (χ3n) is 3.33. The first-order valence-electron chi connectivity index (χ1n) is 6.73. The Bertz CT molecular complexity index is 603. The summed E-state index contributed by atoms with van der Waals surface area (Å²) in [5, 5.41) is 1.62. The third-order valence-corrected chi connectivity index (χ3v) is 3.33. The van der Waals surface area contributed by atoms with Crippen LogP contribution in [0.3, 0.4) is 0 Å². The molecule has 0 aliphatic carbocycles. The maximum Gasteiger partial charge on any atom is 0.446 e. The number of hydrogen-bond acceptors (Lipinski definition) is 4. The van der Waals surface area contributed by atoms with Gasteiger partial charge in [0, 0.05) is 6.61 Å². The number of methoxy groups -OCH3 is 1. The lowest BCUT2D eigenvalue weighted by molar-refractivity contribution is -0.270. The van der Waals surface area contributed by atoms with Crippen LogP contribution in [-0.2, 0) is 16.1 Å². The summed E-state index contributed by atoms with van der Waals surface area (Å²) in [6.07, 6.45) is -5.07. The molecule has 1 aromatic rings. The molecule has 0 unspecified atom stereocenters. The van der Waals surface area contributed by atoms with E-state index in [9.17, 15) is 22.8 Å². The van der Waals surface area contributed by atoms with Crippen LogP contribution in [0.2, 0.25) is 0 Å². The summed E-state index contributed by atoms with van der Waals surface area (Å²) in [7, 11) is 1.46. The van der Waals surface area contributed by atoms with E-state index < -0.39 is 23.8 Å². The topological polar surface area (TPSA) is 67.9 Å². The van der Waals surface area contributed by atoms with E-state index in [2.05, 4.69) is 4.74 Å². The largest absolute Gasteiger partial charge is 0.497 e. The van der Waals surface area contributed by atoms with Gasteiger partial charge in [0.25, 0.3) is 5.91 Å². The van der Waals surface area contributed by atoms with Crippen molar-refractivity contribution in [3.63, 3.8) is 0 Å². The fourth-order valence-corrected chi connectivity index (χ4v) is 2.20. The Hall–Kier alpha value is -2.29. The summed E-state index contributed by atoms with van der Waals surface area (Å²) < 4.78 is 49.2. The molecular formula is C14H15F3N2O4. The number of urea groups is 1. The highest BCUT2D eigenvalue weighted by atomic mass is 19.4. The van der Waals surface area contributed by atoms with Gasteiger partial charge in [-0.25, -0.2) is 4.79 Å². The van der Waals surface area contributed by atoms with E-state index in [-0.39, 0.29) is 13.2 Å². The average molecular weight is 332 g/mol. The predicted molar refractivity (Wildman–Crippen MR) is 72.5 cm³/mol. The number of imide groups is 1. The van der Waals surface area contributed by atoms with Crippen LogP contribution in [0.4, 0.5) is 18.0 Å². The Morgan fingerprint density at radius 2 is 1.83 bits per heavy atom. The zero-order chi connectivity index (χ0) is 17.3. The first-order chi connectivity index (χ1) is 10.7. The number of amides is 3. The molecule has 1 fully saturated rings. The van der Waals surface area contributed by atoms with Crippen molar-refractivity contribution in [2.45, 2.75) is 25.4 Å². The molecule has 1 N–H and O–H groups in total. The van der Waals surface area contributed by atoms with Gasteiger partial charge in [-0.3, -0.25) is 15.0 Å². The highest BCUT2D eigenvalue weighted by molar-refractivity contribution is 6.06. The maximum absolute atomic E-state index is 13.2. The molecule has 0 bridgehead atoms. The Morgan fingerprint density at radius 1 is 1.22 bits per heavy atom. The van der Waals surface area contributed by atoms with E-state index >= 15 is 0 Å². The number of alkyl halides is 3. The first-order valence-corrected chi connectivity index (χ1v) is 6.73. The van der Waals surface area contributed by atoms with E-state index in [0.717, 1.165) is 0 Å². The molecule has 1 heterocycles. The zero-order valence-corrected chi connectivity index (χ0v) is 12.4. The van der Waals surface area contributed by atoms with Crippen LogP contribution < -0.4 is 10.1 Å². The highest BCUT2D eigenvalue weighted by Crippen LogP contribution is 2.37. The van der Waals surface area contributed by atoms with Crippen LogP contribution in [0.1, 0.15) is 12.5 Å². The Labute approximate surface area is 130 Å². The van der Waals surface area contributed by atoms with E-state index in [1.807, 2.05) is 0 Å². The van der Waals surface area contributed by atoms with E-state index in [0.29, 0.717) is 16.2 Å². The number of nitrogens with zero attached hydrogens (tertiary/aromatic N) is 1. The monoisotopic (exact) mass is 332 g/mol. The molecule has 0 spiro atoms. The van der Waals surface area contributed by atoms with Crippen molar-refractivity contribution in [1.82, 2.24) is 10.2 Å². The summed E-state index contributed by atoms with van der Waals surface area (Å²) in [5.41, 5.74) is -2.85. The summed E-state index contributed by atoms with van der Waals surface area (Å²) in [4.78, 5) is 24.5. The quantitative estimate of drug-likeness (QED) is 0.838. The fraction of sp³-hybridized carbons (Fsp3) is 0.429. The molecule has 1 aromatic carbocycles. The summed E-state index contributed by atoms with van der Waals surface area (Å²) in [6.45, 7) is 0.612. The minimum Gasteiger partial charge on any atom is -0.497 e. The van der Waals surface area contributed by atoms with Crippen LogP contribution in [0.25, 0.3) is 0 Å². The minimum atomic E-state index is -5.07. The van der Waals surface area contributed by atoms with Gasteiger partial charge in [-0.05, 0) is 24.6 Å². The van der Waals surface area contributed by atoms with Gasteiger partial charge in [0.1, 0.15) is 5.75 Å². The van der Waals surface area contributed by atoms with E-state index in [1.54, 1.807) is 29.6 Å². The molecule has 6 nitrogen and oxygen atoms in total. The van der Waals surface area contributed by atoms with Crippen LogP contribution in [-0.4, -0.2) is 42.5 Å². The van der Waals surface area contributed by atoms with Gasteiger partial charge in [-0.2, -0.15) is 13.2 Å². The predicted octanol–water partition coefficient (Wildman–Crippen LogP) is 2.04. The SMILES string of the molecule is CCO[C@]1(C(F)(F)F)NC(=O)N(Cc2ccc(OC)cc2)C1=O. The molecule has 1 aliphatic heterocycles. The molecule has 9 heteroatoms. The smallest absolute Gasteiger partial charge is 0.446 e. The first kappa shape index (κ1) is 17.1. The van der Waals surface area contributed by atoms with Crippen molar-refractivity contribution in [1.29, 1.82) is 0 Å². The molecule has 2 rings (SSSR count). The number of hydrogen-bond donors (Lipinski definition) is 1. The molecule has 1 aliphatic rings. The second-order valence-corrected chi connectivity index (χ2v) is 4.78. The number of nitrogens with one attached hydrogen (secondary N) is 1. The molecule has 1 saturated heterocycles. The van der Waals surface area contributed by atoms with E-state index in [4.69, 9.17) is 4.74 Å². The molecule has 3 amide bonds. The lowest BCUT2D eigenvalue weighted by Gasteiger charge is -2.28. The van der Waals surface area contributed by atoms with Crippen molar-refractivity contribution in [2.75, 3.05) is 13.7 Å². The fourth-order valence-electron chi connectivity index (χ4n) is 2.20. The minimum absolute atomic E-state index is 0.306. The summed E-state index contributed by atoms with van der Waals surface area (Å²) in [5.74, 6) is -0.933. The van der Waals surface area contributed by atoms with Gasteiger partial charge in [0.2, 0.25) is 0 Å². The molecular weight excluding hydrogens is 317 g/mol. The number of benzene rings is 1. The van der Waals surface area contributed by atoms with Crippen molar-refractivity contribution >= 4 is 11.9 Å². The Kier molecular flexibility index (Phi) is 4.51. The van der Waals surface area contributed by atoms with Gasteiger partial charge >= 0.3 is 17.9 Å². The maximum atomic E-state index is 13.2. The van der Waals surface area contributed by atoms with Gasteiger partial charge in [0.15, 0.2) is 0 Å². The van der Waals surface area contributed by atoms with Crippen molar-refractivity contribution in [3.8, 4) is 5.75 Å². The van der Waals surface area contributed by atoms with Gasteiger partial charge < -0.3 is 9.47 Å². The third kappa shape index (κ3) is 2.96. The number of halogens is 3. The van der Waals surface area contributed by atoms with Crippen molar-refractivity contribution in [2.24, 2.45) is 0 Å². The number of rotatable bonds is 5. The number of ether oxygens (including phenoxy) is 2. The second-order valence-electron chi connectivity index (χ2n) is 4.78. The Balaban J connectivity index is 2.26. The number of carbonyl (C=O) groups excluding carboxylic acids is 2.